The van der Waals surface area contributed by atoms with Gasteiger partial charge in [-0.25, -0.2) is 0 Å². The van der Waals surface area contributed by atoms with Gasteiger partial charge in [-0.1, -0.05) is 51.8 Å². The van der Waals surface area contributed by atoms with Gasteiger partial charge in [0.15, 0.2) is 31.5 Å². The fourth-order valence-corrected chi connectivity index (χ4v) is 16.6. The second-order valence-corrected chi connectivity index (χ2v) is 27.3. The fourth-order valence-electron chi connectivity index (χ4n) is 16.6. The first-order chi connectivity index (χ1) is 39.4. The molecular formula is C59H96O25. The number of aliphatic hydroxyl groups excluding tert-OH is 12. The predicted molar refractivity (Wildman–Crippen MR) is 289 cm³/mol. The van der Waals surface area contributed by atoms with Gasteiger partial charge in [0.05, 0.1) is 50.2 Å². The Morgan fingerprint density at radius 2 is 1.26 bits per heavy atom. The molecule has 4 aliphatic carbocycles. The van der Waals surface area contributed by atoms with Crippen LogP contribution in [0.4, 0.5) is 0 Å². The van der Waals surface area contributed by atoms with Crippen LogP contribution in [0.3, 0.4) is 0 Å². The van der Waals surface area contributed by atoms with E-state index in [2.05, 4.69) is 47.3 Å². The molecule has 31 atom stereocenters. The summed E-state index contributed by atoms with van der Waals surface area (Å²) in [5.41, 5.74) is -0.546. The third-order valence-electron chi connectivity index (χ3n) is 21.5. The lowest BCUT2D eigenvalue weighted by molar-refractivity contribution is -0.390. The average Bonchev–Trinajstić information content (AvgIpc) is 1.52. The molecule has 5 saturated heterocycles. The van der Waals surface area contributed by atoms with Crippen molar-refractivity contribution in [2.75, 3.05) is 33.5 Å². The molecule has 5 heterocycles. The van der Waals surface area contributed by atoms with Crippen LogP contribution in [0.15, 0.2) is 23.8 Å². The summed E-state index contributed by atoms with van der Waals surface area (Å²) in [4.78, 5) is 14.3. The summed E-state index contributed by atoms with van der Waals surface area (Å²) in [5.74, 6) is -0.245. The molecule has 0 aromatic carbocycles. The Balaban J connectivity index is 0.917. The van der Waals surface area contributed by atoms with Crippen LogP contribution in [0.5, 0.6) is 0 Å². The standard InChI is InChI=1S/C59H96O25/c1-25(2)12-11-17-59(9,73)49-29(62)20-58(8)28-13-14-34-55(4,5)35(16-18-56(34,6)27(28)15-19-57(49,58)7)81-54-48(38(66)33(24-76-54)80-52-41(69)39(67)36(64)31(21-60)78-52)84-51-42(70)40(68)45(26(3)77-51)82-50-43(71)46(30(63)23-75-50)83-53-44(72)47(74-10)37(65)32(22-61)79-53/h15,26,28,30-54,60-61,63-73H,1,11-14,16-24H2,2-10H3/t26-,28-,30-,31-,32-,33-,34+,35+,36-,37-,38+,39+,40-,41-,42-,43-,44-,45-,46+,47+,48-,49+,50+,51+,52+,53+,54+,56-,57-,58+,59+/m1/s1. The maximum absolute atomic E-state index is 14.3. The van der Waals surface area contributed by atoms with Crippen LogP contribution in [-0.4, -0.2) is 259 Å². The van der Waals surface area contributed by atoms with E-state index in [1.54, 1.807) is 0 Å². The lowest BCUT2D eigenvalue weighted by Gasteiger charge is -2.64. The van der Waals surface area contributed by atoms with Gasteiger partial charge in [0.25, 0.3) is 0 Å². The van der Waals surface area contributed by atoms with Crippen molar-refractivity contribution in [3.8, 4) is 0 Å². The van der Waals surface area contributed by atoms with E-state index in [1.165, 1.54) is 19.6 Å². The number of hydrogen-bond acceptors (Lipinski definition) is 25. The van der Waals surface area contributed by atoms with E-state index in [0.717, 1.165) is 31.3 Å². The molecule has 13 N–H and O–H groups in total. The van der Waals surface area contributed by atoms with Crippen molar-refractivity contribution in [2.24, 2.45) is 39.4 Å². The second-order valence-electron chi connectivity index (χ2n) is 27.3. The van der Waals surface area contributed by atoms with Crippen molar-refractivity contribution in [1.82, 2.24) is 0 Å². The molecule has 0 unspecified atom stereocenters. The Labute approximate surface area is 490 Å². The number of hydrogen-bond donors (Lipinski definition) is 13. The molecule has 8 fully saturated rings. The topological polar surface area (TPSA) is 382 Å². The number of rotatable bonds is 18. The highest BCUT2D eigenvalue weighted by Gasteiger charge is 2.70. The SMILES string of the molecule is C=C(C)CCC[C@](C)(O)[C@H]1C(=O)C[C@@]2(C)[C@@H]3CC[C@H]4C(C)(C)[C@@H](O[C@@H]5OC[C@@H](O[C@@H]6O[C@H](CO)[C@@H](O)[C@H](O)[C@H]6O)[C@H](O)[C@H]5O[C@@H]5O[C@H](C)[C@@H](O[C@@H]6OC[C@@H](O)[C@H](O[C@@H]7O[C@H](CO)[C@@H](O)[C@H](OC)[C@H]7O)[C@H]6O)[C@H](O)[C@H]5O)CC[C@]4(C)C3=CC[C@]12C. The molecule has 9 rings (SSSR count). The number of carbonyl (C=O) groups excluding carboxylic acids is 1. The van der Waals surface area contributed by atoms with Crippen molar-refractivity contribution < 1.29 is 123 Å². The summed E-state index contributed by atoms with van der Waals surface area (Å²) in [5, 5.41) is 144. The molecule has 0 spiro atoms. The van der Waals surface area contributed by atoms with Crippen LogP contribution >= 0.6 is 0 Å². The highest BCUT2D eigenvalue weighted by molar-refractivity contribution is 5.87. The molecule has 0 amide bonds. The lowest BCUT2D eigenvalue weighted by Crippen LogP contribution is -2.66. The number of methoxy groups -OCH3 is 1. The van der Waals surface area contributed by atoms with Crippen LogP contribution in [0.2, 0.25) is 0 Å². The zero-order chi connectivity index (χ0) is 61.5. The molecule has 482 valence electrons. The minimum absolute atomic E-state index is 0.0588. The highest BCUT2D eigenvalue weighted by atomic mass is 16.8. The first kappa shape index (κ1) is 66.6. The van der Waals surface area contributed by atoms with Gasteiger partial charge in [0.1, 0.15) is 110 Å². The predicted octanol–water partition coefficient (Wildman–Crippen LogP) is -1.29. The van der Waals surface area contributed by atoms with Gasteiger partial charge in [-0.05, 0) is 106 Å². The number of ether oxygens (including phenoxy) is 11. The van der Waals surface area contributed by atoms with Crippen LogP contribution in [-0.2, 0) is 56.9 Å². The summed E-state index contributed by atoms with van der Waals surface area (Å²) in [6.45, 7) is 18.0. The monoisotopic (exact) mass is 1200 g/mol. The number of aliphatic hydroxyl groups is 13. The van der Waals surface area contributed by atoms with E-state index in [0.29, 0.717) is 32.1 Å². The van der Waals surface area contributed by atoms with E-state index in [-0.39, 0.29) is 23.0 Å². The van der Waals surface area contributed by atoms with E-state index >= 15 is 0 Å². The minimum Gasteiger partial charge on any atom is -0.394 e. The molecule has 84 heavy (non-hydrogen) atoms. The van der Waals surface area contributed by atoms with Crippen LogP contribution in [0.25, 0.3) is 0 Å². The highest BCUT2D eigenvalue weighted by Crippen LogP contribution is 2.73. The average molecular weight is 1210 g/mol. The van der Waals surface area contributed by atoms with Crippen LogP contribution < -0.4 is 0 Å². The van der Waals surface area contributed by atoms with Gasteiger partial charge in [-0.15, -0.1) is 6.58 Å². The Hall–Kier alpha value is -1.81. The Morgan fingerprint density at radius 1 is 0.667 bits per heavy atom. The molecule has 25 nitrogen and oxygen atoms in total. The molecule has 0 aromatic heterocycles. The van der Waals surface area contributed by atoms with Crippen LogP contribution in [0.1, 0.15) is 113 Å². The second kappa shape index (κ2) is 25.5. The van der Waals surface area contributed by atoms with Crippen LogP contribution in [0, 0.1) is 39.4 Å². The number of fused-ring (bicyclic) bond motifs is 5. The van der Waals surface area contributed by atoms with Gasteiger partial charge in [0.2, 0.25) is 0 Å². The molecule has 0 aromatic rings. The van der Waals surface area contributed by atoms with E-state index in [9.17, 15) is 71.2 Å². The Kier molecular flexibility index (Phi) is 20.2. The third-order valence-corrected chi connectivity index (χ3v) is 21.5. The smallest absolute Gasteiger partial charge is 0.187 e. The summed E-state index contributed by atoms with van der Waals surface area (Å²) in [6.07, 6.45) is -28.8. The molecule has 0 bridgehead atoms. The molecule has 25 heteroatoms. The molecule has 3 saturated carbocycles. The number of Topliss-reactive ketones (excluding diaryl/α,β-unsaturated/α-hetero) is 1. The largest absolute Gasteiger partial charge is 0.394 e. The number of ketones is 1. The van der Waals surface area contributed by atoms with E-state index < -0.39 is 202 Å². The van der Waals surface area contributed by atoms with Crippen molar-refractivity contribution in [1.29, 1.82) is 0 Å². The Morgan fingerprint density at radius 3 is 1.92 bits per heavy atom. The minimum atomic E-state index is -1.95. The number of allylic oxidation sites excluding steroid dienone is 3. The number of carbonyl (C=O) groups is 1. The molecule has 5 aliphatic heterocycles. The fraction of sp³-hybridized carbons (Fsp3) is 0.915. The summed E-state index contributed by atoms with van der Waals surface area (Å²) < 4.78 is 65.8. The van der Waals surface area contributed by atoms with Crippen molar-refractivity contribution in [3.05, 3.63) is 23.8 Å². The molecule has 9 aliphatic rings. The van der Waals surface area contributed by atoms with Gasteiger partial charge < -0.3 is 118 Å². The zero-order valence-electron chi connectivity index (χ0n) is 49.8. The van der Waals surface area contributed by atoms with Gasteiger partial charge in [-0.3, -0.25) is 4.79 Å². The summed E-state index contributed by atoms with van der Waals surface area (Å²) in [7, 11) is 1.22. The molecular weight excluding hydrogens is 1110 g/mol. The third kappa shape index (κ3) is 11.8. The quantitative estimate of drug-likeness (QED) is 0.0561. The first-order valence-electron chi connectivity index (χ1n) is 30.0. The maximum atomic E-state index is 14.3. The normalized spacial score (nSPS) is 51.2. The Bertz CT molecular complexity index is 2310. The van der Waals surface area contributed by atoms with E-state index in [4.69, 9.17) is 52.1 Å². The van der Waals surface area contributed by atoms with E-state index in [1.807, 2.05) is 13.8 Å². The lowest BCUT2D eigenvalue weighted by atomic mass is 9.41. The van der Waals surface area contributed by atoms with Gasteiger partial charge >= 0.3 is 0 Å². The van der Waals surface area contributed by atoms with Crippen molar-refractivity contribution in [2.45, 2.75) is 266 Å². The summed E-state index contributed by atoms with van der Waals surface area (Å²) >= 11 is 0. The maximum Gasteiger partial charge on any atom is 0.187 e. The molecule has 0 radical (unpaired) electrons. The van der Waals surface area contributed by atoms with Crippen molar-refractivity contribution >= 4 is 5.78 Å². The first-order valence-corrected chi connectivity index (χ1v) is 30.0. The summed E-state index contributed by atoms with van der Waals surface area (Å²) in [6, 6.07) is 0. The van der Waals surface area contributed by atoms with Gasteiger partial charge in [0, 0.05) is 13.5 Å². The van der Waals surface area contributed by atoms with Gasteiger partial charge in [-0.2, -0.15) is 0 Å². The zero-order valence-corrected chi connectivity index (χ0v) is 49.8. The van der Waals surface area contributed by atoms with Crippen molar-refractivity contribution in [3.63, 3.8) is 0 Å².